The minimum absolute atomic E-state index is 0. The number of thioether (sulfide) groups is 1. The maximum atomic E-state index is 12.8. The molecule has 8 heteroatoms. The molecule has 0 radical (unpaired) electrons. The summed E-state index contributed by atoms with van der Waals surface area (Å²) in [6.45, 7) is 8.04. The third-order valence-electron chi connectivity index (χ3n) is 7.64. The highest BCUT2D eigenvalue weighted by atomic mass is 127. The highest BCUT2D eigenvalue weighted by molar-refractivity contribution is 14.0. The zero-order valence-corrected chi connectivity index (χ0v) is 22.4. The number of halogens is 1. The maximum Gasteiger partial charge on any atom is 0.225 e. The van der Waals surface area contributed by atoms with Crippen molar-refractivity contribution in [3.05, 3.63) is 0 Å². The molecule has 4 aliphatic rings. The predicted molar refractivity (Wildman–Crippen MR) is 142 cm³/mol. The molecule has 178 valence electrons. The van der Waals surface area contributed by atoms with Crippen LogP contribution < -0.4 is 10.6 Å². The molecular weight excluding hydrogens is 521 g/mol. The van der Waals surface area contributed by atoms with E-state index in [-0.39, 0.29) is 35.4 Å². The first-order chi connectivity index (χ1) is 14.7. The van der Waals surface area contributed by atoms with Crippen molar-refractivity contribution in [2.45, 2.75) is 76.3 Å². The molecule has 2 aliphatic carbocycles. The van der Waals surface area contributed by atoms with Gasteiger partial charge in [0.15, 0.2) is 5.96 Å². The van der Waals surface area contributed by atoms with Crippen LogP contribution in [0.3, 0.4) is 0 Å². The molecule has 1 unspecified atom stereocenters. The van der Waals surface area contributed by atoms with E-state index in [1.54, 1.807) is 0 Å². The summed E-state index contributed by atoms with van der Waals surface area (Å²) >= 11 is 2.09. The summed E-state index contributed by atoms with van der Waals surface area (Å²) in [6, 6.07) is 0.319. The molecule has 31 heavy (non-hydrogen) atoms. The number of rotatable bonds is 6. The van der Waals surface area contributed by atoms with Gasteiger partial charge in [-0.2, -0.15) is 11.8 Å². The number of hydrogen-bond donors (Lipinski definition) is 2. The van der Waals surface area contributed by atoms with E-state index in [4.69, 9.17) is 4.99 Å². The molecule has 2 N–H and O–H groups in total. The van der Waals surface area contributed by atoms with Crippen molar-refractivity contribution in [1.29, 1.82) is 0 Å². The maximum absolute atomic E-state index is 12.8. The van der Waals surface area contributed by atoms with E-state index in [0.717, 1.165) is 51.4 Å². The Morgan fingerprint density at radius 1 is 1.06 bits per heavy atom. The Morgan fingerprint density at radius 3 is 2.45 bits per heavy atom. The van der Waals surface area contributed by atoms with E-state index in [2.05, 4.69) is 39.1 Å². The summed E-state index contributed by atoms with van der Waals surface area (Å²) in [6.07, 6.45) is 10.9. The van der Waals surface area contributed by atoms with Crippen LogP contribution in [0.2, 0.25) is 0 Å². The molecule has 2 saturated heterocycles. The summed E-state index contributed by atoms with van der Waals surface area (Å²) in [5.74, 6) is 4.14. The third-order valence-corrected chi connectivity index (χ3v) is 8.58. The molecule has 1 atom stereocenters. The quantitative estimate of drug-likeness (QED) is 0.295. The fourth-order valence-corrected chi connectivity index (χ4v) is 6.80. The molecular formula is C23H42IN5OS. The summed E-state index contributed by atoms with van der Waals surface area (Å²) in [4.78, 5) is 22.7. The van der Waals surface area contributed by atoms with E-state index >= 15 is 0 Å². The van der Waals surface area contributed by atoms with Gasteiger partial charge >= 0.3 is 0 Å². The van der Waals surface area contributed by atoms with Gasteiger partial charge in [0.05, 0.1) is 6.54 Å². The zero-order chi connectivity index (χ0) is 20.8. The second kappa shape index (κ2) is 12.3. The van der Waals surface area contributed by atoms with Crippen molar-refractivity contribution in [1.82, 2.24) is 20.4 Å². The van der Waals surface area contributed by atoms with Crippen LogP contribution in [-0.2, 0) is 4.79 Å². The van der Waals surface area contributed by atoms with Gasteiger partial charge in [0.25, 0.3) is 0 Å². The average Bonchev–Trinajstić information content (AvgIpc) is 3.55. The number of nitrogens with zero attached hydrogens (tertiary/aromatic N) is 3. The van der Waals surface area contributed by atoms with E-state index in [9.17, 15) is 4.79 Å². The van der Waals surface area contributed by atoms with Gasteiger partial charge in [-0.25, -0.2) is 0 Å². The van der Waals surface area contributed by atoms with Crippen LogP contribution in [0, 0.1) is 5.92 Å². The summed E-state index contributed by atoms with van der Waals surface area (Å²) < 4.78 is 0. The van der Waals surface area contributed by atoms with Gasteiger partial charge in [-0.15, -0.1) is 24.0 Å². The van der Waals surface area contributed by atoms with Crippen LogP contribution in [0.4, 0.5) is 0 Å². The van der Waals surface area contributed by atoms with Gasteiger partial charge < -0.3 is 15.5 Å². The van der Waals surface area contributed by atoms with Gasteiger partial charge in [-0.05, 0) is 39.0 Å². The number of guanidine groups is 1. The highest BCUT2D eigenvalue weighted by Gasteiger charge is 2.40. The van der Waals surface area contributed by atoms with Gasteiger partial charge in [-0.3, -0.25) is 14.7 Å². The molecule has 4 rings (SSSR count). The van der Waals surface area contributed by atoms with Crippen molar-refractivity contribution >= 4 is 47.6 Å². The normalized spacial score (nSPS) is 27.3. The number of carbonyl (C=O) groups is 1. The highest BCUT2D eigenvalue weighted by Crippen LogP contribution is 2.37. The Hall–Kier alpha value is -0.220. The lowest BCUT2D eigenvalue weighted by Crippen LogP contribution is -2.53. The van der Waals surface area contributed by atoms with Crippen molar-refractivity contribution in [3.63, 3.8) is 0 Å². The molecule has 4 fully saturated rings. The minimum atomic E-state index is 0. The number of carbonyl (C=O) groups excluding carboxylic acids is 1. The van der Waals surface area contributed by atoms with Crippen molar-refractivity contribution in [2.75, 3.05) is 50.8 Å². The lowest BCUT2D eigenvalue weighted by Gasteiger charge is -2.42. The van der Waals surface area contributed by atoms with Gasteiger partial charge in [0, 0.05) is 61.7 Å². The molecule has 0 aromatic carbocycles. The third kappa shape index (κ3) is 6.43. The van der Waals surface area contributed by atoms with Crippen LogP contribution in [-0.4, -0.2) is 84.0 Å². The molecule has 6 nitrogen and oxygen atoms in total. The van der Waals surface area contributed by atoms with E-state index in [1.165, 1.54) is 63.1 Å². The Morgan fingerprint density at radius 2 is 1.77 bits per heavy atom. The first-order valence-corrected chi connectivity index (χ1v) is 13.5. The SMILES string of the molecule is CCNC(=NCC1(N2CCSCC2)CCCC1)NC1CCN(C(=O)C2CCCC2)C1.I. The fraction of sp³-hybridized carbons (Fsp3) is 0.913. The first kappa shape index (κ1) is 25.4. The van der Waals surface area contributed by atoms with E-state index in [1.807, 2.05) is 0 Å². The molecule has 1 amide bonds. The van der Waals surface area contributed by atoms with Crippen LogP contribution in [0.25, 0.3) is 0 Å². The van der Waals surface area contributed by atoms with Crippen LogP contribution in [0.1, 0.15) is 64.7 Å². The molecule has 0 spiro atoms. The van der Waals surface area contributed by atoms with Gasteiger partial charge in [0.1, 0.15) is 0 Å². The van der Waals surface area contributed by atoms with E-state index in [0.29, 0.717) is 11.9 Å². The predicted octanol–water partition coefficient (Wildman–Crippen LogP) is 3.31. The smallest absolute Gasteiger partial charge is 0.225 e. The largest absolute Gasteiger partial charge is 0.357 e. The first-order valence-electron chi connectivity index (χ1n) is 12.4. The number of nitrogens with one attached hydrogen (secondary N) is 2. The lowest BCUT2D eigenvalue weighted by molar-refractivity contribution is -0.134. The second-order valence-corrected chi connectivity index (χ2v) is 10.8. The Labute approximate surface area is 210 Å². The Bertz CT molecular complexity index is 601. The van der Waals surface area contributed by atoms with Gasteiger partial charge in [0.2, 0.25) is 5.91 Å². The zero-order valence-electron chi connectivity index (χ0n) is 19.2. The minimum Gasteiger partial charge on any atom is -0.357 e. The van der Waals surface area contributed by atoms with Gasteiger partial charge in [-0.1, -0.05) is 25.7 Å². The number of likely N-dealkylation sites (tertiary alicyclic amines) is 1. The lowest BCUT2D eigenvalue weighted by atomic mass is 9.95. The molecule has 0 aromatic rings. The molecule has 2 heterocycles. The molecule has 0 bridgehead atoms. The molecule has 2 aliphatic heterocycles. The fourth-order valence-electron chi connectivity index (χ4n) is 5.89. The van der Waals surface area contributed by atoms with Crippen LogP contribution in [0.5, 0.6) is 0 Å². The summed E-state index contributed by atoms with van der Waals surface area (Å²) in [5, 5.41) is 7.12. The number of aliphatic imine (C=N–C) groups is 1. The number of amides is 1. The van der Waals surface area contributed by atoms with Crippen molar-refractivity contribution < 1.29 is 4.79 Å². The number of hydrogen-bond acceptors (Lipinski definition) is 4. The Kier molecular flexibility index (Phi) is 10.1. The topological polar surface area (TPSA) is 60.0 Å². The van der Waals surface area contributed by atoms with Crippen LogP contribution in [0.15, 0.2) is 4.99 Å². The van der Waals surface area contributed by atoms with E-state index < -0.39 is 0 Å². The average molecular weight is 564 g/mol. The van der Waals surface area contributed by atoms with Crippen molar-refractivity contribution in [2.24, 2.45) is 10.9 Å². The molecule has 0 aromatic heterocycles. The molecule has 2 saturated carbocycles. The summed E-state index contributed by atoms with van der Waals surface area (Å²) in [7, 11) is 0. The Balaban J connectivity index is 0.00000272. The monoisotopic (exact) mass is 563 g/mol. The van der Waals surface area contributed by atoms with Crippen LogP contribution >= 0.6 is 35.7 Å². The van der Waals surface area contributed by atoms with Crippen molar-refractivity contribution in [3.8, 4) is 0 Å². The second-order valence-electron chi connectivity index (χ2n) is 9.62. The summed E-state index contributed by atoms with van der Waals surface area (Å²) in [5.41, 5.74) is 0.267. The standard InChI is InChI=1S/C23H41N5OS.HI/c1-2-24-22(25-18-23(10-5-6-11-23)28-13-15-30-16-14-28)26-20-9-12-27(17-20)21(29)19-7-3-4-8-19;/h19-20H,2-18H2,1H3,(H2,24,25,26);1H.